The van der Waals surface area contributed by atoms with Crippen LogP contribution in [0.1, 0.15) is 12.5 Å². The van der Waals surface area contributed by atoms with Crippen molar-refractivity contribution in [2.45, 2.75) is 13.3 Å². The molecular weight excluding hydrogens is 196 g/mol. The van der Waals surface area contributed by atoms with Crippen LogP contribution in [0.3, 0.4) is 0 Å². The van der Waals surface area contributed by atoms with Gasteiger partial charge in [-0.2, -0.15) is 11.3 Å². The van der Waals surface area contributed by atoms with Gasteiger partial charge in [-0.25, -0.2) is 0 Å². The van der Waals surface area contributed by atoms with E-state index in [2.05, 4.69) is 27.5 Å². The minimum atomic E-state index is 0.0321. The number of carbonyl (C=O) groups excluding carboxylic acids is 1. The Balaban J connectivity index is 1.92. The molecule has 0 aromatic carbocycles. The third-order valence-corrected chi connectivity index (χ3v) is 2.58. The smallest absolute Gasteiger partial charge is 0.216 e. The van der Waals surface area contributed by atoms with Crippen LogP contribution in [0.15, 0.2) is 16.8 Å². The molecule has 3 nitrogen and oxygen atoms in total. The summed E-state index contributed by atoms with van der Waals surface area (Å²) in [5.74, 6) is 0.0321. The molecule has 0 aliphatic carbocycles. The standard InChI is InChI=1S/C10H16N2OS/c1-9(13)12-6-5-11-4-2-10-3-7-14-8-10/h3,7-8,11H,2,4-6H2,1H3,(H,12,13). The van der Waals surface area contributed by atoms with Crippen molar-refractivity contribution in [3.63, 3.8) is 0 Å². The minimum absolute atomic E-state index is 0.0321. The predicted octanol–water partition coefficient (Wildman–Crippen LogP) is 1.02. The maximum Gasteiger partial charge on any atom is 0.216 e. The molecule has 1 aromatic rings. The van der Waals surface area contributed by atoms with Crippen LogP contribution < -0.4 is 10.6 Å². The fourth-order valence-electron chi connectivity index (χ4n) is 1.12. The van der Waals surface area contributed by atoms with Crippen LogP contribution in [0.4, 0.5) is 0 Å². The summed E-state index contributed by atoms with van der Waals surface area (Å²) in [6, 6.07) is 2.14. The maximum absolute atomic E-state index is 10.5. The normalized spacial score (nSPS) is 10.1. The van der Waals surface area contributed by atoms with Gasteiger partial charge in [-0.15, -0.1) is 0 Å². The molecule has 0 atom stereocenters. The number of thiophene rings is 1. The Labute approximate surface area is 88.5 Å². The fourth-order valence-corrected chi connectivity index (χ4v) is 1.82. The van der Waals surface area contributed by atoms with Gasteiger partial charge in [0.2, 0.25) is 5.91 Å². The van der Waals surface area contributed by atoms with Gasteiger partial charge >= 0.3 is 0 Å². The highest BCUT2D eigenvalue weighted by Gasteiger charge is 1.93. The summed E-state index contributed by atoms with van der Waals surface area (Å²) in [5.41, 5.74) is 1.38. The van der Waals surface area contributed by atoms with E-state index in [1.807, 2.05) is 0 Å². The molecular formula is C10H16N2OS. The van der Waals surface area contributed by atoms with E-state index in [0.717, 1.165) is 19.5 Å². The van der Waals surface area contributed by atoms with E-state index >= 15 is 0 Å². The minimum Gasteiger partial charge on any atom is -0.355 e. The van der Waals surface area contributed by atoms with Crippen LogP contribution in [0.5, 0.6) is 0 Å². The average molecular weight is 212 g/mol. The van der Waals surface area contributed by atoms with Crippen LogP contribution in [0, 0.1) is 0 Å². The van der Waals surface area contributed by atoms with Crippen LogP contribution in [0.25, 0.3) is 0 Å². The molecule has 0 radical (unpaired) electrons. The van der Waals surface area contributed by atoms with Crippen molar-refractivity contribution in [1.82, 2.24) is 10.6 Å². The van der Waals surface area contributed by atoms with E-state index in [9.17, 15) is 4.79 Å². The number of amides is 1. The van der Waals surface area contributed by atoms with Crippen LogP contribution in [-0.4, -0.2) is 25.5 Å². The molecule has 0 aliphatic heterocycles. The van der Waals surface area contributed by atoms with Crippen molar-refractivity contribution in [2.75, 3.05) is 19.6 Å². The molecule has 0 spiro atoms. The first-order valence-electron chi connectivity index (χ1n) is 4.75. The lowest BCUT2D eigenvalue weighted by atomic mass is 10.2. The Morgan fingerprint density at radius 3 is 2.93 bits per heavy atom. The highest BCUT2D eigenvalue weighted by molar-refractivity contribution is 7.07. The molecule has 0 aliphatic rings. The number of hydrogen-bond donors (Lipinski definition) is 2. The van der Waals surface area contributed by atoms with E-state index in [1.54, 1.807) is 11.3 Å². The maximum atomic E-state index is 10.5. The van der Waals surface area contributed by atoms with Crippen LogP contribution in [-0.2, 0) is 11.2 Å². The van der Waals surface area contributed by atoms with Crippen molar-refractivity contribution in [3.8, 4) is 0 Å². The molecule has 1 amide bonds. The summed E-state index contributed by atoms with van der Waals surface area (Å²) in [6.07, 6.45) is 1.06. The number of hydrogen-bond acceptors (Lipinski definition) is 3. The molecule has 78 valence electrons. The molecule has 4 heteroatoms. The zero-order valence-corrected chi connectivity index (χ0v) is 9.19. The molecule has 0 bridgehead atoms. The summed E-state index contributed by atoms with van der Waals surface area (Å²) < 4.78 is 0. The van der Waals surface area contributed by atoms with Gasteiger partial charge in [0.15, 0.2) is 0 Å². The van der Waals surface area contributed by atoms with Crippen LogP contribution >= 0.6 is 11.3 Å². The van der Waals surface area contributed by atoms with Gasteiger partial charge in [0.25, 0.3) is 0 Å². The summed E-state index contributed by atoms with van der Waals surface area (Å²) in [4.78, 5) is 10.5. The first kappa shape index (κ1) is 11.2. The van der Waals surface area contributed by atoms with Gasteiger partial charge in [-0.3, -0.25) is 4.79 Å². The molecule has 0 fully saturated rings. The fraction of sp³-hybridized carbons (Fsp3) is 0.500. The Morgan fingerprint density at radius 1 is 1.43 bits per heavy atom. The number of rotatable bonds is 6. The first-order valence-corrected chi connectivity index (χ1v) is 5.69. The molecule has 0 saturated heterocycles. The van der Waals surface area contributed by atoms with Gasteiger partial charge in [-0.1, -0.05) is 0 Å². The van der Waals surface area contributed by atoms with Crippen molar-refractivity contribution in [1.29, 1.82) is 0 Å². The zero-order valence-electron chi connectivity index (χ0n) is 8.38. The number of nitrogens with one attached hydrogen (secondary N) is 2. The number of carbonyl (C=O) groups is 1. The summed E-state index contributed by atoms with van der Waals surface area (Å²) >= 11 is 1.73. The molecule has 1 aromatic heterocycles. The predicted molar refractivity (Wildman–Crippen MR) is 59.6 cm³/mol. The van der Waals surface area contributed by atoms with E-state index in [4.69, 9.17) is 0 Å². The first-order chi connectivity index (χ1) is 6.79. The lowest BCUT2D eigenvalue weighted by Crippen LogP contribution is -2.31. The largest absolute Gasteiger partial charge is 0.355 e. The van der Waals surface area contributed by atoms with Gasteiger partial charge < -0.3 is 10.6 Å². The van der Waals surface area contributed by atoms with Gasteiger partial charge in [0.1, 0.15) is 0 Å². The second kappa shape index (κ2) is 6.56. The van der Waals surface area contributed by atoms with Crippen molar-refractivity contribution in [3.05, 3.63) is 22.4 Å². The summed E-state index contributed by atoms with van der Waals surface area (Å²) in [6.45, 7) is 4.05. The molecule has 0 saturated carbocycles. The van der Waals surface area contributed by atoms with E-state index in [0.29, 0.717) is 6.54 Å². The van der Waals surface area contributed by atoms with Gasteiger partial charge in [0.05, 0.1) is 0 Å². The van der Waals surface area contributed by atoms with Gasteiger partial charge in [-0.05, 0) is 35.4 Å². The van der Waals surface area contributed by atoms with Gasteiger partial charge in [0, 0.05) is 20.0 Å². The Kier molecular flexibility index (Phi) is 5.25. The summed E-state index contributed by atoms with van der Waals surface area (Å²) in [7, 11) is 0. The van der Waals surface area contributed by atoms with E-state index in [-0.39, 0.29) is 5.91 Å². The molecule has 1 rings (SSSR count). The highest BCUT2D eigenvalue weighted by atomic mass is 32.1. The molecule has 0 unspecified atom stereocenters. The van der Waals surface area contributed by atoms with Crippen molar-refractivity contribution in [2.24, 2.45) is 0 Å². The third kappa shape index (κ3) is 4.99. The monoisotopic (exact) mass is 212 g/mol. The second-order valence-electron chi connectivity index (χ2n) is 3.11. The molecule has 1 heterocycles. The zero-order chi connectivity index (χ0) is 10.2. The lowest BCUT2D eigenvalue weighted by molar-refractivity contribution is -0.118. The van der Waals surface area contributed by atoms with E-state index in [1.165, 1.54) is 12.5 Å². The van der Waals surface area contributed by atoms with Crippen molar-refractivity contribution >= 4 is 17.2 Å². The van der Waals surface area contributed by atoms with E-state index < -0.39 is 0 Å². The highest BCUT2D eigenvalue weighted by Crippen LogP contribution is 2.05. The quantitative estimate of drug-likeness (QED) is 0.691. The molecule has 14 heavy (non-hydrogen) atoms. The SMILES string of the molecule is CC(=O)NCCNCCc1ccsc1. The Morgan fingerprint density at radius 2 is 2.29 bits per heavy atom. The third-order valence-electron chi connectivity index (χ3n) is 1.85. The average Bonchev–Trinajstić information content (AvgIpc) is 2.63. The Hall–Kier alpha value is -0.870. The lowest BCUT2D eigenvalue weighted by Gasteiger charge is -2.03. The topological polar surface area (TPSA) is 41.1 Å². The van der Waals surface area contributed by atoms with Crippen molar-refractivity contribution < 1.29 is 4.79 Å². The van der Waals surface area contributed by atoms with Crippen LogP contribution in [0.2, 0.25) is 0 Å². The molecule has 2 N–H and O–H groups in total. The second-order valence-corrected chi connectivity index (χ2v) is 3.89. The Bertz CT molecular complexity index is 259. The summed E-state index contributed by atoms with van der Waals surface area (Å²) in [5, 5.41) is 10.3.